The van der Waals surface area contributed by atoms with Crippen molar-refractivity contribution in [1.82, 2.24) is 19.7 Å². The zero-order valence-corrected chi connectivity index (χ0v) is 22.9. The lowest BCUT2D eigenvalue weighted by molar-refractivity contribution is -0.117. The quantitative estimate of drug-likeness (QED) is 0.460. The van der Waals surface area contributed by atoms with Crippen LogP contribution in [0.15, 0.2) is 36.8 Å². The van der Waals surface area contributed by atoms with Gasteiger partial charge in [0.1, 0.15) is 12.0 Å². The van der Waals surface area contributed by atoms with E-state index in [1.54, 1.807) is 10.9 Å². The highest BCUT2D eigenvalue weighted by molar-refractivity contribution is 6.32. The van der Waals surface area contributed by atoms with Gasteiger partial charge in [-0.2, -0.15) is 5.10 Å². The fourth-order valence-electron chi connectivity index (χ4n) is 6.71. The summed E-state index contributed by atoms with van der Waals surface area (Å²) in [7, 11) is 1.90. The molecule has 1 aromatic carbocycles. The average Bonchev–Trinajstić information content (AvgIpc) is 3.33. The number of aryl methyl sites for hydroxylation is 1. The number of pyridine rings is 1. The molecule has 3 fully saturated rings. The number of carbonyl (C=O) groups excluding carboxylic acids is 1. The highest BCUT2D eigenvalue weighted by atomic mass is 35.5. The SMILES string of the molecule is CCC1C(C(=O)Nc2cc3cc(C4CCN(C5(C)COCC5F)CC4)c(Cl)cc3cn2)C1c1cnn(C)c1. The van der Waals surface area contributed by atoms with Gasteiger partial charge in [-0.1, -0.05) is 24.9 Å². The van der Waals surface area contributed by atoms with Gasteiger partial charge in [0.05, 0.1) is 24.9 Å². The van der Waals surface area contributed by atoms with Crippen LogP contribution in [0.1, 0.15) is 56.1 Å². The maximum atomic E-state index is 14.5. The van der Waals surface area contributed by atoms with Gasteiger partial charge in [0.2, 0.25) is 5.91 Å². The first-order valence-electron chi connectivity index (χ1n) is 13.6. The van der Waals surface area contributed by atoms with E-state index in [1.165, 1.54) is 0 Å². The molecular formula is C29H35ClFN5O2. The van der Waals surface area contributed by atoms with Gasteiger partial charge < -0.3 is 10.1 Å². The number of aromatic nitrogens is 3. The molecule has 6 rings (SSSR count). The molecule has 0 bridgehead atoms. The third-order valence-corrected chi connectivity index (χ3v) is 9.46. The lowest BCUT2D eigenvalue weighted by atomic mass is 9.85. The molecule has 1 saturated carbocycles. The zero-order chi connectivity index (χ0) is 26.6. The van der Waals surface area contributed by atoms with Crippen molar-refractivity contribution < 1.29 is 13.9 Å². The van der Waals surface area contributed by atoms with Crippen LogP contribution in [0.2, 0.25) is 5.02 Å². The van der Waals surface area contributed by atoms with Gasteiger partial charge in [-0.3, -0.25) is 14.4 Å². The summed E-state index contributed by atoms with van der Waals surface area (Å²) in [5.74, 6) is 1.33. The number of nitrogens with zero attached hydrogens (tertiary/aromatic N) is 4. The van der Waals surface area contributed by atoms with E-state index in [0.29, 0.717) is 24.3 Å². The molecule has 0 spiro atoms. The summed E-state index contributed by atoms with van der Waals surface area (Å²) in [6, 6.07) is 6.04. The number of halogens is 2. The number of hydrogen-bond acceptors (Lipinski definition) is 5. The summed E-state index contributed by atoms with van der Waals surface area (Å²) >= 11 is 6.73. The molecule has 2 aromatic heterocycles. The van der Waals surface area contributed by atoms with Crippen LogP contribution >= 0.6 is 11.6 Å². The number of alkyl halides is 1. The molecule has 0 radical (unpaired) electrons. The molecule has 5 unspecified atom stereocenters. The van der Waals surface area contributed by atoms with Crippen molar-refractivity contribution in [3.8, 4) is 0 Å². The minimum atomic E-state index is -0.952. The molecule has 5 atom stereocenters. The van der Waals surface area contributed by atoms with Gasteiger partial charge in [0.25, 0.3) is 0 Å². The zero-order valence-electron chi connectivity index (χ0n) is 22.2. The minimum Gasteiger partial charge on any atom is -0.376 e. The van der Waals surface area contributed by atoms with Gasteiger partial charge in [-0.25, -0.2) is 9.37 Å². The van der Waals surface area contributed by atoms with Crippen molar-refractivity contribution in [2.75, 3.05) is 31.6 Å². The van der Waals surface area contributed by atoms with Crippen molar-refractivity contribution in [2.24, 2.45) is 18.9 Å². The van der Waals surface area contributed by atoms with Gasteiger partial charge in [-0.05, 0) is 79.4 Å². The Balaban J connectivity index is 1.16. The molecule has 3 aromatic rings. The second-order valence-corrected chi connectivity index (χ2v) is 11.9. The van der Waals surface area contributed by atoms with Gasteiger partial charge in [-0.15, -0.1) is 0 Å². The minimum absolute atomic E-state index is 0.00895. The van der Waals surface area contributed by atoms with E-state index in [2.05, 4.69) is 33.3 Å². The molecule has 7 nitrogen and oxygen atoms in total. The number of likely N-dealkylation sites (tertiary alicyclic amines) is 1. The van der Waals surface area contributed by atoms with E-state index >= 15 is 0 Å². The van der Waals surface area contributed by atoms with Crippen LogP contribution in [0.5, 0.6) is 0 Å². The number of fused-ring (bicyclic) bond motifs is 1. The van der Waals surface area contributed by atoms with Crippen molar-refractivity contribution >= 4 is 34.1 Å². The Bertz CT molecular complexity index is 1360. The van der Waals surface area contributed by atoms with Crippen LogP contribution in [0.3, 0.4) is 0 Å². The number of rotatable bonds is 6. The number of ether oxygens (including phenoxy) is 1. The van der Waals surface area contributed by atoms with Gasteiger partial charge in [0.15, 0.2) is 0 Å². The molecule has 3 aliphatic rings. The lowest BCUT2D eigenvalue weighted by Crippen LogP contribution is -2.55. The fraction of sp³-hybridized carbons (Fsp3) is 0.552. The first kappa shape index (κ1) is 25.7. The molecular weight excluding hydrogens is 505 g/mol. The molecule has 9 heteroatoms. The monoisotopic (exact) mass is 539 g/mol. The highest BCUT2D eigenvalue weighted by Crippen LogP contribution is 2.56. The first-order valence-corrected chi connectivity index (χ1v) is 14.0. The smallest absolute Gasteiger partial charge is 0.229 e. The third-order valence-electron chi connectivity index (χ3n) is 9.13. The average molecular weight is 540 g/mol. The molecule has 4 heterocycles. The molecule has 1 N–H and O–H groups in total. The van der Waals surface area contributed by atoms with Crippen LogP contribution in [-0.2, 0) is 16.6 Å². The van der Waals surface area contributed by atoms with Gasteiger partial charge >= 0.3 is 0 Å². The summed E-state index contributed by atoms with van der Waals surface area (Å²) in [5.41, 5.74) is 1.69. The predicted octanol–water partition coefficient (Wildman–Crippen LogP) is 5.31. The van der Waals surface area contributed by atoms with Crippen LogP contribution in [0, 0.1) is 11.8 Å². The Morgan fingerprint density at radius 2 is 2.03 bits per heavy atom. The van der Waals surface area contributed by atoms with Crippen molar-refractivity contribution in [3.05, 3.63) is 52.9 Å². The Labute approximate surface area is 227 Å². The molecule has 2 saturated heterocycles. The summed E-state index contributed by atoms with van der Waals surface area (Å²) in [5, 5.41) is 10.0. The summed E-state index contributed by atoms with van der Waals surface area (Å²) in [6.07, 6.45) is 7.46. The maximum absolute atomic E-state index is 14.5. The Hall–Kier alpha value is -2.55. The molecule has 2 aliphatic heterocycles. The normalized spacial score (nSPS) is 30.1. The number of nitrogens with one attached hydrogen (secondary N) is 1. The van der Waals surface area contributed by atoms with Crippen LogP contribution in [0.25, 0.3) is 10.8 Å². The largest absolute Gasteiger partial charge is 0.376 e. The highest BCUT2D eigenvalue weighted by Gasteiger charge is 2.54. The number of benzene rings is 1. The predicted molar refractivity (Wildman–Crippen MR) is 146 cm³/mol. The van der Waals surface area contributed by atoms with E-state index in [9.17, 15) is 9.18 Å². The Kier molecular flexibility index (Phi) is 6.69. The summed E-state index contributed by atoms with van der Waals surface area (Å²) in [4.78, 5) is 19.9. The topological polar surface area (TPSA) is 72.3 Å². The third kappa shape index (κ3) is 4.50. The number of amides is 1. The molecule has 202 valence electrons. The number of anilines is 1. The fourth-order valence-corrected chi connectivity index (χ4v) is 7.04. The van der Waals surface area contributed by atoms with Crippen molar-refractivity contribution in [2.45, 2.75) is 56.7 Å². The second-order valence-electron chi connectivity index (χ2n) is 11.5. The second kappa shape index (κ2) is 9.88. The van der Waals surface area contributed by atoms with E-state index < -0.39 is 11.7 Å². The van der Waals surface area contributed by atoms with E-state index in [4.69, 9.17) is 16.3 Å². The standard InChI is InChI=1S/C29H35ClFN5O2/c1-4-21-26(20-13-33-35(3)14-20)27(21)28(37)34-25-11-18-9-22(23(30)10-19(18)12-32-25)17-5-7-36(8-6-17)29(2)16-38-15-24(29)31/h9-14,17,21,24,26-27H,4-8,15-16H2,1-3H3,(H,32,34,37). The van der Waals surface area contributed by atoms with Crippen LogP contribution in [-0.4, -0.2) is 63.6 Å². The van der Waals surface area contributed by atoms with Crippen LogP contribution < -0.4 is 5.32 Å². The van der Waals surface area contributed by atoms with Crippen molar-refractivity contribution in [3.63, 3.8) is 0 Å². The summed E-state index contributed by atoms with van der Waals surface area (Å²) in [6.45, 7) is 6.36. The number of hydrogen-bond donors (Lipinski definition) is 1. The lowest BCUT2D eigenvalue weighted by Gasteiger charge is -2.43. The molecule has 1 aliphatic carbocycles. The van der Waals surface area contributed by atoms with E-state index in [1.807, 2.05) is 38.5 Å². The maximum Gasteiger partial charge on any atom is 0.229 e. The van der Waals surface area contributed by atoms with Gasteiger partial charge in [0, 0.05) is 41.7 Å². The Morgan fingerprint density at radius 3 is 2.68 bits per heavy atom. The first-order chi connectivity index (χ1) is 18.3. The van der Waals surface area contributed by atoms with Crippen LogP contribution in [0.4, 0.5) is 10.2 Å². The number of carbonyl (C=O) groups is 1. The van der Waals surface area contributed by atoms with Crippen molar-refractivity contribution in [1.29, 1.82) is 0 Å². The van der Waals surface area contributed by atoms with E-state index in [0.717, 1.165) is 59.3 Å². The molecule has 1 amide bonds. The molecule has 38 heavy (non-hydrogen) atoms. The number of piperidine rings is 1. The summed E-state index contributed by atoms with van der Waals surface area (Å²) < 4.78 is 21.7. The Morgan fingerprint density at radius 1 is 1.24 bits per heavy atom. The van der Waals surface area contributed by atoms with E-state index in [-0.39, 0.29) is 24.3 Å².